The Bertz CT molecular complexity index is 889. The standard InChI is InChI=1S/C21H28Cl2N6O/c1-12-3-5-13(6-4-12)14-7-8-24-11-17(14)27-21(30)20-25-9-15(19(23)28-20)18-16(22)10-26-29(18)2/h9-10,12-14,17,24H,3-8,11H2,1-2H3,(H,27,30)/t12?,13?,14-,17+/m1/s1. The van der Waals surface area contributed by atoms with Crippen LogP contribution in [-0.4, -0.2) is 44.8 Å². The zero-order valence-electron chi connectivity index (χ0n) is 17.4. The van der Waals surface area contributed by atoms with E-state index in [0.717, 1.165) is 25.4 Å². The van der Waals surface area contributed by atoms with Crippen LogP contribution in [0.3, 0.4) is 0 Å². The van der Waals surface area contributed by atoms with Gasteiger partial charge in [-0.1, -0.05) is 43.0 Å². The average Bonchev–Trinajstić information content (AvgIpc) is 3.07. The van der Waals surface area contributed by atoms with Gasteiger partial charge in [0, 0.05) is 25.8 Å². The van der Waals surface area contributed by atoms with Crippen LogP contribution in [0.25, 0.3) is 11.3 Å². The van der Waals surface area contributed by atoms with E-state index in [1.165, 1.54) is 38.1 Å². The topological polar surface area (TPSA) is 84.7 Å². The molecule has 2 atom stereocenters. The normalized spacial score (nSPS) is 27.1. The van der Waals surface area contributed by atoms with Crippen molar-refractivity contribution >= 4 is 29.1 Å². The molecule has 2 N–H and O–H groups in total. The molecule has 2 aromatic rings. The zero-order chi connectivity index (χ0) is 21.3. The van der Waals surface area contributed by atoms with E-state index in [1.54, 1.807) is 11.7 Å². The first-order chi connectivity index (χ1) is 14.4. The number of nitrogens with one attached hydrogen (secondary N) is 2. The first-order valence-corrected chi connectivity index (χ1v) is 11.4. The van der Waals surface area contributed by atoms with Crippen molar-refractivity contribution in [1.82, 2.24) is 30.4 Å². The van der Waals surface area contributed by atoms with Crippen LogP contribution >= 0.6 is 23.2 Å². The molecular weight excluding hydrogens is 423 g/mol. The number of piperidine rings is 1. The van der Waals surface area contributed by atoms with Crippen molar-refractivity contribution in [2.45, 2.75) is 45.1 Å². The van der Waals surface area contributed by atoms with Crippen molar-refractivity contribution in [2.75, 3.05) is 13.1 Å². The monoisotopic (exact) mass is 450 g/mol. The predicted octanol–water partition coefficient (Wildman–Crippen LogP) is 3.72. The van der Waals surface area contributed by atoms with Crippen molar-refractivity contribution in [3.63, 3.8) is 0 Å². The summed E-state index contributed by atoms with van der Waals surface area (Å²) in [5.74, 6) is 1.77. The molecule has 2 aliphatic rings. The maximum absolute atomic E-state index is 12.9. The van der Waals surface area contributed by atoms with Gasteiger partial charge < -0.3 is 10.6 Å². The first-order valence-electron chi connectivity index (χ1n) is 10.7. The van der Waals surface area contributed by atoms with E-state index in [0.29, 0.717) is 28.1 Å². The molecule has 7 nitrogen and oxygen atoms in total. The molecule has 2 fully saturated rings. The third-order valence-corrected chi connectivity index (χ3v) is 7.18. The zero-order valence-corrected chi connectivity index (χ0v) is 18.9. The van der Waals surface area contributed by atoms with Gasteiger partial charge >= 0.3 is 0 Å². The lowest BCUT2D eigenvalue weighted by Crippen LogP contribution is -2.53. The second-order valence-electron chi connectivity index (χ2n) is 8.62. The van der Waals surface area contributed by atoms with Crippen LogP contribution in [0.2, 0.25) is 10.2 Å². The van der Waals surface area contributed by atoms with Crippen molar-refractivity contribution in [3.8, 4) is 11.3 Å². The lowest BCUT2D eigenvalue weighted by atomic mass is 9.71. The smallest absolute Gasteiger partial charge is 0.289 e. The third kappa shape index (κ3) is 4.48. The van der Waals surface area contributed by atoms with Crippen LogP contribution in [-0.2, 0) is 7.05 Å². The van der Waals surface area contributed by atoms with Gasteiger partial charge in [-0.05, 0) is 43.6 Å². The minimum atomic E-state index is -0.289. The van der Waals surface area contributed by atoms with E-state index in [4.69, 9.17) is 23.2 Å². The number of halogens is 2. The van der Waals surface area contributed by atoms with E-state index in [9.17, 15) is 4.79 Å². The third-order valence-electron chi connectivity index (χ3n) is 6.61. The lowest BCUT2D eigenvalue weighted by molar-refractivity contribution is 0.0851. The number of aryl methyl sites for hydroxylation is 1. The number of hydrogen-bond acceptors (Lipinski definition) is 5. The Morgan fingerprint density at radius 2 is 1.97 bits per heavy atom. The molecular formula is C21H28Cl2N6O. The number of carbonyl (C=O) groups is 1. The maximum Gasteiger partial charge on any atom is 0.289 e. The molecule has 0 spiro atoms. The summed E-state index contributed by atoms with van der Waals surface area (Å²) >= 11 is 12.6. The van der Waals surface area contributed by atoms with E-state index in [-0.39, 0.29) is 22.9 Å². The Balaban J connectivity index is 1.48. The summed E-state index contributed by atoms with van der Waals surface area (Å²) < 4.78 is 1.61. The molecule has 1 saturated heterocycles. The van der Waals surface area contributed by atoms with Gasteiger partial charge in [0.2, 0.25) is 5.82 Å². The highest BCUT2D eigenvalue weighted by Crippen LogP contribution is 2.37. The van der Waals surface area contributed by atoms with Gasteiger partial charge in [-0.25, -0.2) is 9.97 Å². The van der Waals surface area contributed by atoms with Crippen LogP contribution in [0, 0.1) is 17.8 Å². The Hall–Kier alpha value is -1.70. The Kier molecular flexibility index (Phi) is 6.60. The molecule has 4 rings (SSSR count). The number of hydrogen-bond donors (Lipinski definition) is 2. The molecule has 9 heteroatoms. The summed E-state index contributed by atoms with van der Waals surface area (Å²) in [6, 6.07) is 0.0817. The van der Waals surface area contributed by atoms with Crippen molar-refractivity contribution in [3.05, 3.63) is 28.4 Å². The molecule has 3 heterocycles. The highest BCUT2D eigenvalue weighted by atomic mass is 35.5. The van der Waals surface area contributed by atoms with Crippen LogP contribution in [0.1, 0.15) is 49.6 Å². The Labute approximate surface area is 187 Å². The van der Waals surface area contributed by atoms with Gasteiger partial charge in [0.15, 0.2) is 0 Å². The highest BCUT2D eigenvalue weighted by molar-refractivity contribution is 6.35. The average molecular weight is 451 g/mol. The SMILES string of the molecule is CC1CCC([C@H]2CCNC[C@@H]2NC(=O)c2ncc(-c3c(Cl)cnn3C)c(Cl)n2)CC1. The van der Waals surface area contributed by atoms with Crippen LogP contribution in [0.5, 0.6) is 0 Å². The lowest BCUT2D eigenvalue weighted by Gasteiger charge is -2.40. The van der Waals surface area contributed by atoms with Gasteiger partial charge in [-0.3, -0.25) is 9.48 Å². The molecule has 0 radical (unpaired) electrons. The number of amides is 1. The second kappa shape index (κ2) is 9.20. The van der Waals surface area contributed by atoms with Gasteiger partial charge in [0.1, 0.15) is 5.15 Å². The number of carbonyl (C=O) groups excluding carboxylic acids is 1. The fraction of sp³-hybridized carbons (Fsp3) is 0.619. The number of nitrogens with zero attached hydrogens (tertiary/aromatic N) is 4. The largest absolute Gasteiger partial charge is 0.345 e. The van der Waals surface area contributed by atoms with Crippen LogP contribution in [0.15, 0.2) is 12.4 Å². The van der Waals surface area contributed by atoms with Crippen LogP contribution in [0.4, 0.5) is 0 Å². The molecule has 1 saturated carbocycles. The summed E-state index contributed by atoms with van der Waals surface area (Å²) in [5, 5.41) is 11.3. The van der Waals surface area contributed by atoms with Crippen molar-refractivity contribution in [1.29, 1.82) is 0 Å². The summed E-state index contributed by atoms with van der Waals surface area (Å²) in [4.78, 5) is 21.4. The Morgan fingerprint density at radius 3 is 2.63 bits per heavy atom. The molecule has 162 valence electrons. The minimum absolute atomic E-state index is 0.0728. The van der Waals surface area contributed by atoms with E-state index in [2.05, 4.69) is 32.6 Å². The van der Waals surface area contributed by atoms with E-state index in [1.807, 2.05) is 0 Å². The molecule has 0 bridgehead atoms. The number of rotatable bonds is 4. The summed E-state index contributed by atoms with van der Waals surface area (Å²) in [6.07, 6.45) is 9.23. The summed E-state index contributed by atoms with van der Waals surface area (Å²) in [5.41, 5.74) is 1.17. The molecule has 30 heavy (non-hydrogen) atoms. The first kappa shape index (κ1) is 21.5. The molecule has 2 aromatic heterocycles. The van der Waals surface area contributed by atoms with Crippen LogP contribution < -0.4 is 10.6 Å². The fourth-order valence-corrected chi connectivity index (χ4v) is 5.38. The molecule has 0 unspecified atom stereocenters. The summed E-state index contributed by atoms with van der Waals surface area (Å²) in [7, 11) is 1.76. The molecule has 0 aromatic carbocycles. The Morgan fingerprint density at radius 1 is 1.20 bits per heavy atom. The highest BCUT2D eigenvalue weighted by Gasteiger charge is 2.35. The van der Waals surface area contributed by atoms with Crippen molar-refractivity contribution < 1.29 is 4.79 Å². The van der Waals surface area contributed by atoms with Gasteiger partial charge in [0.25, 0.3) is 5.91 Å². The number of aromatic nitrogens is 4. The molecule has 1 amide bonds. The van der Waals surface area contributed by atoms with E-state index < -0.39 is 0 Å². The quantitative estimate of drug-likeness (QED) is 0.693. The second-order valence-corrected chi connectivity index (χ2v) is 9.38. The maximum atomic E-state index is 12.9. The van der Waals surface area contributed by atoms with Gasteiger partial charge in [-0.15, -0.1) is 0 Å². The molecule has 1 aliphatic heterocycles. The minimum Gasteiger partial charge on any atom is -0.345 e. The predicted molar refractivity (Wildman–Crippen MR) is 118 cm³/mol. The van der Waals surface area contributed by atoms with Gasteiger partial charge in [0.05, 0.1) is 22.5 Å². The van der Waals surface area contributed by atoms with E-state index >= 15 is 0 Å². The fourth-order valence-electron chi connectivity index (χ4n) is 4.89. The summed E-state index contributed by atoms with van der Waals surface area (Å²) in [6.45, 7) is 4.12. The van der Waals surface area contributed by atoms with Crippen molar-refractivity contribution in [2.24, 2.45) is 24.8 Å². The van der Waals surface area contributed by atoms with Gasteiger partial charge in [-0.2, -0.15) is 5.10 Å². The molecule has 1 aliphatic carbocycles.